The number of hydrogen-bond donors (Lipinski definition) is 2. The molecule has 2 fully saturated rings. The van der Waals surface area contributed by atoms with Gasteiger partial charge in [-0.25, -0.2) is 4.99 Å². The summed E-state index contributed by atoms with van der Waals surface area (Å²) >= 11 is 3.59. The number of halogens is 1. The number of nitrogens with one attached hydrogen (secondary N) is 2. The molecule has 0 amide bonds. The number of aliphatic imine (C=N–C) groups is 2. The molecule has 2 aromatic heterocycles. The van der Waals surface area contributed by atoms with Gasteiger partial charge in [-0.1, -0.05) is 15.9 Å². The van der Waals surface area contributed by atoms with Gasteiger partial charge in [0.25, 0.3) is 0 Å². The highest BCUT2D eigenvalue weighted by atomic mass is 79.9. The van der Waals surface area contributed by atoms with Gasteiger partial charge in [-0.15, -0.1) is 0 Å². The number of piperazine rings is 1. The van der Waals surface area contributed by atoms with Gasteiger partial charge in [0.2, 0.25) is 5.96 Å². The largest absolute Gasteiger partial charge is 0.494 e. The third-order valence-corrected chi connectivity index (χ3v) is 10.5. The predicted molar refractivity (Wildman–Crippen MR) is 201 cm³/mol. The number of guanidine groups is 1. The topological polar surface area (TPSA) is 125 Å². The van der Waals surface area contributed by atoms with E-state index in [1.165, 1.54) is 19.4 Å². The number of aromatic nitrogens is 4. The highest BCUT2D eigenvalue weighted by molar-refractivity contribution is 9.11. The van der Waals surface area contributed by atoms with Gasteiger partial charge in [0, 0.05) is 85.7 Å². The van der Waals surface area contributed by atoms with E-state index in [2.05, 4.69) is 75.3 Å². The molecule has 0 atom stereocenters. The lowest BCUT2D eigenvalue weighted by atomic mass is 10.0. The van der Waals surface area contributed by atoms with Crippen LogP contribution in [0.1, 0.15) is 19.8 Å². The van der Waals surface area contributed by atoms with Crippen molar-refractivity contribution in [3.05, 3.63) is 59.4 Å². The molecule has 1 aliphatic heterocycles. The maximum absolute atomic E-state index is 13.5. The highest BCUT2D eigenvalue weighted by Gasteiger charge is 2.28. The van der Waals surface area contributed by atoms with E-state index in [0.717, 1.165) is 48.9 Å². The molecule has 2 aliphatic rings. The molecule has 12 nitrogen and oxygen atoms in total. The van der Waals surface area contributed by atoms with E-state index in [9.17, 15) is 4.57 Å². The third kappa shape index (κ3) is 7.64. The zero-order chi connectivity index (χ0) is 34.0. The first-order chi connectivity index (χ1) is 23.0. The number of fused-ring (bicyclic) bond motifs is 1. The van der Waals surface area contributed by atoms with E-state index in [4.69, 9.17) is 9.73 Å². The summed E-state index contributed by atoms with van der Waals surface area (Å²) < 4.78 is 21.9. The van der Waals surface area contributed by atoms with Gasteiger partial charge >= 0.3 is 0 Å². The molecule has 1 saturated heterocycles. The Balaban J connectivity index is 1.33. The summed E-state index contributed by atoms with van der Waals surface area (Å²) in [5.74, 6) is 2.23. The summed E-state index contributed by atoms with van der Waals surface area (Å²) in [6.45, 7) is 14.3. The second-order valence-corrected chi connectivity index (χ2v) is 17.0. The number of methoxy groups -OCH3 is 1. The van der Waals surface area contributed by atoms with Crippen LogP contribution in [0.2, 0.25) is 0 Å². The normalized spacial score (nSPS) is 16.5. The second kappa shape index (κ2) is 14.2. The number of allylic oxidation sites excluding steroid dienone is 1. The molecule has 3 heterocycles. The Kier molecular flexibility index (Phi) is 10.0. The van der Waals surface area contributed by atoms with E-state index < -0.39 is 7.14 Å². The number of benzene rings is 2. The zero-order valence-corrected chi connectivity index (χ0v) is 30.6. The predicted octanol–water partition coefficient (Wildman–Crippen LogP) is 5.98. The van der Waals surface area contributed by atoms with Gasteiger partial charge in [-0.2, -0.15) is 10.1 Å². The fraction of sp³-hybridized carbons (Fsp3) is 0.382. The lowest BCUT2D eigenvalue weighted by Gasteiger charge is -2.37. The summed E-state index contributed by atoms with van der Waals surface area (Å²) in [6, 6.07) is 7.83. The van der Waals surface area contributed by atoms with E-state index >= 15 is 0 Å². The van der Waals surface area contributed by atoms with Crippen LogP contribution in [0.4, 0.5) is 17.1 Å². The molecule has 2 aromatic carbocycles. The van der Waals surface area contributed by atoms with Crippen molar-refractivity contribution in [1.82, 2.24) is 24.6 Å². The first-order valence-corrected chi connectivity index (χ1v) is 19.4. The molecule has 0 spiro atoms. The van der Waals surface area contributed by atoms with Crippen molar-refractivity contribution in [2.75, 3.05) is 68.7 Å². The van der Waals surface area contributed by atoms with E-state index in [-0.39, 0.29) is 5.96 Å². The van der Waals surface area contributed by atoms with Crippen molar-refractivity contribution < 1.29 is 9.30 Å². The number of nitrogens with zero attached hydrogens (tertiary/aromatic N) is 8. The Bertz CT molecular complexity index is 1940. The summed E-state index contributed by atoms with van der Waals surface area (Å²) in [7, 11) is 0.794. The van der Waals surface area contributed by atoms with Gasteiger partial charge in [-0.05, 0) is 63.9 Å². The molecule has 6 rings (SSSR count). The third-order valence-electron chi connectivity index (χ3n) is 8.61. The van der Waals surface area contributed by atoms with Crippen LogP contribution in [-0.4, -0.2) is 90.5 Å². The molecule has 252 valence electrons. The standard InChI is InChI=1S/C34H42BrN10O2P/c1-22(35)33(40-27-10-9-26-31(38-12-11-37-26)32(27)48(5,6)46)42-34(36-2)41-28-17-25(24-19-39-43(3)21-24)29(18-30(28)47-4)45-15-13-44(14-16-45)20-23-7-8-23/h9-12,17-19,21,23,40H,2,7-8,13-16,20H2,1,3-6H3,(H,41,42)/b33-22+. The Morgan fingerprint density at radius 1 is 1.10 bits per heavy atom. The quantitative estimate of drug-likeness (QED) is 0.115. The van der Waals surface area contributed by atoms with Crippen LogP contribution in [-0.2, 0) is 11.6 Å². The van der Waals surface area contributed by atoms with Crippen LogP contribution < -0.4 is 25.6 Å². The van der Waals surface area contributed by atoms with Crippen molar-refractivity contribution in [3.63, 3.8) is 0 Å². The smallest absolute Gasteiger partial charge is 0.228 e. The van der Waals surface area contributed by atoms with Crippen molar-refractivity contribution in [3.8, 4) is 16.9 Å². The fourth-order valence-electron chi connectivity index (χ4n) is 6.04. The molecule has 1 aliphatic carbocycles. The maximum Gasteiger partial charge on any atom is 0.228 e. The zero-order valence-electron chi connectivity index (χ0n) is 28.1. The maximum atomic E-state index is 13.5. The molecule has 0 unspecified atom stereocenters. The number of ether oxygens (including phenoxy) is 1. The number of aryl methyl sites for hydroxylation is 1. The van der Waals surface area contributed by atoms with E-state index in [0.29, 0.717) is 43.8 Å². The first-order valence-electron chi connectivity index (χ1n) is 16.0. The summed E-state index contributed by atoms with van der Waals surface area (Å²) in [5.41, 5.74) is 5.67. The van der Waals surface area contributed by atoms with Gasteiger partial charge in [0.15, 0.2) is 0 Å². The van der Waals surface area contributed by atoms with Crippen LogP contribution in [0.25, 0.3) is 22.2 Å². The van der Waals surface area contributed by atoms with Gasteiger partial charge in [0.1, 0.15) is 24.2 Å². The van der Waals surface area contributed by atoms with Crippen molar-refractivity contribution in [2.24, 2.45) is 23.0 Å². The lowest BCUT2D eigenvalue weighted by molar-refractivity contribution is 0.248. The Hall–Kier alpha value is -4.06. The SMILES string of the molecule is C=NC(=N/C(Nc1ccc2nccnc2c1P(C)(C)=O)=C(\C)Br)Nc1cc(-c2cnn(C)c2)c(N2CCN(CC3CC3)CC2)cc1OC. The van der Waals surface area contributed by atoms with Crippen molar-refractivity contribution >= 4 is 69.1 Å². The molecule has 2 N–H and O–H groups in total. The molecule has 0 bridgehead atoms. The average Bonchev–Trinajstić information content (AvgIpc) is 3.78. The van der Waals surface area contributed by atoms with E-state index in [1.54, 1.807) is 32.8 Å². The molecule has 14 heteroatoms. The van der Waals surface area contributed by atoms with Crippen LogP contribution in [0, 0.1) is 5.92 Å². The molecule has 0 radical (unpaired) electrons. The molecular weight excluding hydrogens is 691 g/mol. The van der Waals surface area contributed by atoms with E-state index in [1.807, 2.05) is 43.2 Å². The van der Waals surface area contributed by atoms with Crippen LogP contribution >= 0.6 is 23.1 Å². The Labute approximate surface area is 289 Å². The number of anilines is 3. The minimum atomic E-state index is -2.78. The van der Waals surface area contributed by atoms with Gasteiger partial charge < -0.3 is 24.8 Å². The Morgan fingerprint density at radius 3 is 2.48 bits per heavy atom. The average molecular weight is 734 g/mol. The van der Waals surface area contributed by atoms with Crippen LogP contribution in [0.3, 0.4) is 0 Å². The van der Waals surface area contributed by atoms with Crippen LogP contribution in [0.15, 0.2) is 69.3 Å². The number of hydrogen-bond acceptors (Lipinski definition) is 9. The minimum Gasteiger partial charge on any atom is -0.494 e. The molecular formula is C34H42BrN10O2P. The van der Waals surface area contributed by atoms with Crippen molar-refractivity contribution in [1.29, 1.82) is 0 Å². The van der Waals surface area contributed by atoms with Crippen molar-refractivity contribution in [2.45, 2.75) is 19.8 Å². The molecule has 48 heavy (non-hydrogen) atoms. The van der Waals surface area contributed by atoms with Gasteiger partial charge in [0.05, 0.1) is 35.5 Å². The molecule has 1 saturated carbocycles. The summed E-state index contributed by atoms with van der Waals surface area (Å²) in [4.78, 5) is 23.0. The second-order valence-electron chi connectivity index (χ2n) is 12.7. The summed E-state index contributed by atoms with van der Waals surface area (Å²) in [6.07, 6.45) is 9.85. The van der Waals surface area contributed by atoms with Gasteiger partial charge in [-0.3, -0.25) is 19.5 Å². The fourth-order valence-corrected chi connectivity index (χ4v) is 7.62. The number of rotatable bonds is 10. The van der Waals surface area contributed by atoms with Crippen LogP contribution in [0.5, 0.6) is 5.75 Å². The summed E-state index contributed by atoms with van der Waals surface area (Å²) in [5, 5.41) is 11.8. The first kappa shape index (κ1) is 33.8. The lowest BCUT2D eigenvalue weighted by Crippen LogP contribution is -2.47. The highest BCUT2D eigenvalue weighted by Crippen LogP contribution is 2.42. The minimum absolute atomic E-state index is 0.242. The molecule has 4 aromatic rings. The Morgan fingerprint density at radius 2 is 1.85 bits per heavy atom. The monoisotopic (exact) mass is 732 g/mol.